The van der Waals surface area contributed by atoms with Crippen molar-refractivity contribution in [3.8, 4) is 0 Å². The van der Waals surface area contributed by atoms with Gasteiger partial charge in [0.05, 0.1) is 0 Å². The quantitative estimate of drug-likeness (QED) is 0.0453. The predicted molar refractivity (Wildman–Crippen MR) is 169 cm³/mol. The maximum atomic E-state index is 12.3. The molecule has 0 aromatic heterocycles. The van der Waals surface area contributed by atoms with Crippen LogP contribution in [0, 0.1) is 0 Å². The van der Waals surface area contributed by atoms with Crippen LogP contribution < -0.4 is 5.73 Å². The van der Waals surface area contributed by atoms with Crippen molar-refractivity contribution in [3.63, 3.8) is 0 Å². The van der Waals surface area contributed by atoms with Gasteiger partial charge in [0, 0.05) is 12.8 Å². The van der Waals surface area contributed by atoms with Crippen molar-refractivity contribution in [2.45, 2.75) is 180 Å². The first-order valence-corrected chi connectivity index (χ1v) is 17.9. The van der Waals surface area contributed by atoms with Gasteiger partial charge in [0.15, 0.2) is 6.10 Å². The molecule has 0 unspecified atom stereocenters. The van der Waals surface area contributed by atoms with Crippen LogP contribution in [-0.2, 0) is 28.2 Å². The zero-order chi connectivity index (χ0) is 30.1. The van der Waals surface area contributed by atoms with Crippen molar-refractivity contribution in [1.82, 2.24) is 0 Å². The summed E-state index contributed by atoms with van der Waals surface area (Å²) in [5.74, 6) is -0.615. The smallest absolute Gasteiger partial charge is 0.327 e. The molecule has 242 valence electrons. The van der Waals surface area contributed by atoms with E-state index >= 15 is 0 Å². The van der Waals surface area contributed by atoms with Gasteiger partial charge < -0.3 is 15.2 Å². The molecule has 0 saturated heterocycles. The van der Waals surface area contributed by atoms with E-state index in [4.69, 9.17) is 19.7 Å². The molecule has 0 saturated carbocycles. The average Bonchev–Trinajstić information content (AvgIpc) is 2.97. The molecule has 1 atom stereocenters. The van der Waals surface area contributed by atoms with Crippen molar-refractivity contribution in [2.24, 2.45) is 5.73 Å². The van der Waals surface area contributed by atoms with E-state index in [1.807, 2.05) is 0 Å². The first-order valence-electron chi connectivity index (χ1n) is 17.1. The lowest BCUT2D eigenvalue weighted by Crippen LogP contribution is -2.28. The molecule has 0 aromatic carbocycles. The van der Waals surface area contributed by atoms with E-state index < -0.39 is 14.8 Å². The van der Waals surface area contributed by atoms with Gasteiger partial charge in [-0.15, -0.1) is 0 Å². The lowest BCUT2D eigenvalue weighted by molar-refractivity contribution is -0.160. The summed E-state index contributed by atoms with van der Waals surface area (Å²) in [4.78, 5) is 24.4. The van der Waals surface area contributed by atoms with Crippen LogP contribution in [0.15, 0.2) is 0 Å². The van der Waals surface area contributed by atoms with Crippen LogP contribution in [0.2, 0.25) is 0 Å². The Morgan fingerprint density at radius 2 is 0.951 bits per heavy atom. The van der Waals surface area contributed by atoms with Crippen LogP contribution in [0.3, 0.4) is 0 Å². The van der Waals surface area contributed by atoms with E-state index in [2.05, 4.69) is 6.92 Å². The number of carbonyl (C=O) groups is 2. The third-order valence-electron chi connectivity index (χ3n) is 7.61. The molecule has 0 aromatic rings. The van der Waals surface area contributed by atoms with Crippen molar-refractivity contribution >= 4 is 20.6 Å². The third-order valence-corrected chi connectivity index (χ3v) is 7.87. The second-order valence-corrected chi connectivity index (χ2v) is 12.0. The molecule has 0 aliphatic carbocycles. The van der Waals surface area contributed by atoms with E-state index in [0.29, 0.717) is 12.8 Å². The highest BCUT2D eigenvalue weighted by atomic mass is 31.1. The Morgan fingerprint density at radius 3 is 1.37 bits per heavy atom. The van der Waals surface area contributed by atoms with Crippen LogP contribution in [-0.4, -0.2) is 37.8 Å². The molecule has 0 aliphatic rings. The highest BCUT2D eigenvalue weighted by molar-refractivity contribution is 7.17. The maximum Gasteiger partial charge on any atom is 0.327 e. The number of nitrogens with two attached hydrogens (primary N) is 1. The van der Waals surface area contributed by atoms with Gasteiger partial charge in [-0.3, -0.25) is 14.1 Å². The van der Waals surface area contributed by atoms with Crippen molar-refractivity contribution in [2.75, 3.05) is 19.8 Å². The summed E-state index contributed by atoms with van der Waals surface area (Å²) in [5.41, 5.74) is 5.52. The second-order valence-electron chi connectivity index (χ2n) is 11.6. The zero-order valence-corrected chi connectivity index (χ0v) is 27.5. The Kier molecular flexibility index (Phi) is 32.6. The number of hydrogen-bond donors (Lipinski definition) is 1. The summed E-state index contributed by atoms with van der Waals surface area (Å²) < 4.78 is 26.3. The van der Waals surface area contributed by atoms with Gasteiger partial charge in [-0.1, -0.05) is 142 Å². The molecule has 0 bridgehead atoms. The Morgan fingerprint density at radius 1 is 0.561 bits per heavy atom. The number of ether oxygens (including phenoxy) is 2. The minimum absolute atomic E-state index is 0.0598. The fraction of sp³-hybridized carbons (Fsp3) is 0.939. The Bertz CT molecular complexity index is 592. The van der Waals surface area contributed by atoms with Gasteiger partial charge in [-0.05, 0) is 25.8 Å². The van der Waals surface area contributed by atoms with Crippen LogP contribution in [0.4, 0.5) is 0 Å². The third kappa shape index (κ3) is 31.7. The van der Waals surface area contributed by atoms with Crippen LogP contribution in [0.1, 0.15) is 174 Å². The van der Waals surface area contributed by atoms with Crippen LogP contribution in [0.25, 0.3) is 0 Å². The van der Waals surface area contributed by atoms with Gasteiger partial charge in [0.1, 0.15) is 13.2 Å². The molecule has 0 rings (SSSR count). The summed E-state index contributed by atoms with van der Waals surface area (Å²) in [5, 5.41) is 0. The minimum atomic E-state index is -0.731. The molecule has 0 spiro atoms. The first kappa shape index (κ1) is 40.0. The number of rotatable bonds is 33. The Labute approximate surface area is 254 Å². The van der Waals surface area contributed by atoms with Crippen LogP contribution in [0.5, 0.6) is 0 Å². The highest BCUT2D eigenvalue weighted by Gasteiger charge is 2.17. The molecule has 0 aliphatic heterocycles. The summed E-state index contributed by atoms with van der Waals surface area (Å²) in [7, 11) is -0.484. The van der Waals surface area contributed by atoms with Crippen molar-refractivity contribution < 1.29 is 28.2 Å². The maximum absolute atomic E-state index is 12.3. The van der Waals surface area contributed by atoms with Gasteiger partial charge in [0.25, 0.3) is 0 Å². The summed E-state index contributed by atoms with van der Waals surface area (Å²) in [6, 6.07) is 0. The molecule has 41 heavy (non-hydrogen) atoms. The number of esters is 2. The molecular weight excluding hydrogens is 537 g/mol. The largest absolute Gasteiger partial charge is 0.462 e. The number of unbranched alkanes of at least 4 members (excludes halogenated alkanes) is 22. The van der Waals surface area contributed by atoms with E-state index in [1.165, 1.54) is 109 Å². The fourth-order valence-electron chi connectivity index (χ4n) is 5.02. The SMILES string of the molecule is CCCCCCCCCCCCCCCC(=O)O[C@@H](COP=O)COC(=O)CCCCCCCCCCCCCN. The predicted octanol–water partition coefficient (Wildman–Crippen LogP) is 9.79. The van der Waals surface area contributed by atoms with Gasteiger partial charge in [-0.2, -0.15) is 0 Å². The van der Waals surface area contributed by atoms with E-state index in [0.717, 1.165) is 51.5 Å². The molecule has 0 radical (unpaired) electrons. The van der Waals surface area contributed by atoms with Gasteiger partial charge in [-0.25, -0.2) is 4.57 Å². The molecule has 0 amide bonds. The van der Waals surface area contributed by atoms with Gasteiger partial charge >= 0.3 is 20.6 Å². The fourth-order valence-corrected chi connectivity index (χ4v) is 5.25. The second kappa shape index (κ2) is 33.5. The summed E-state index contributed by atoms with van der Waals surface area (Å²) in [6.45, 7) is 2.93. The lowest BCUT2D eigenvalue weighted by Gasteiger charge is -2.16. The topological polar surface area (TPSA) is 105 Å². The summed E-state index contributed by atoms with van der Waals surface area (Å²) in [6.07, 6.45) is 29.2. The first-order chi connectivity index (χ1) is 20.1. The lowest BCUT2D eigenvalue weighted by atomic mass is 10.0. The monoisotopic (exact) mass is 601 g/mol. The zero-order valence-electron chi connectivity index (χ0n) is 26.6. The highest BCUT2D eigenvalue weighted by Crippen LogP contribution is 2.15. The molecular formula is C33H64NO6P. The molecule has 2 N–H and O–H groups in total. The van der Waals surface area contributed by atoms with Gasteiger partial charge in [0.2, 0.25) is 0 Å². The number of carbonyl (C=O) groups excluding carboxylic acids is 2. The van der Waals surface area contributed by atoms with Crippen LogP contribution >= 0.6 is 8.69 Å². The Hall–Kier alpha value is -1.04. The summed E-state index contributed by atoms with van der Waals surface area (Å²) >= 11 is 0. The molecule has 8 heteroatoms. The minimum Gasteiger partial charge on any atom is -0.462 e. The number of hydrogen-bond acceptors (Lipinski definition) is 7. The molecule has 0 heterocycles. The molecule has 0 fully saturated rings. The normalized spacial score (nSPS) is 12.0. The van der Waals surface area contributed by atoms with E-state index in [1.54, 1.807) is 0 Å². The standard InChI is InChI=1S/C33H64NO6P/c1-2-3-4-5-6-7-8-9-11-15-18-21-24-27-33(36)40-31(30-39-41-37)29-38-32(35)26-23-20-17-14-12-10-13-16-19-22-25-28-34/h31H,2-30,34H2,1H3/t31-/m1/s1. The average molecular weight is 602 g/mol. The van der Waals surface area contributed by atoms with E-state index in [-0.39, 0.29) is 25.2 Å². The van der Waals surface area contributed by atoms with E-state index in [9.17, 15) is 14.2 Å². The Balaban J connectivity index is 3.75. The van der Waals surface area contributed by atoms with Crippen molar-refractivity contribution in [3.05, 3.63) is 0 Å². The van der Waals surface area contributed by atoms with Crippen molar-refractivity contribution in [1.29, 1.82) is 0 Å². The molecule has 7 nitrogen and oxygen atoms in total.